The maximum absolute atomic E-state index is 13.4. The van der Waals surface area contributed by atoms with Gasteiger partial charge in [0, 0.05) is 26.6 Å². The molecule has 3 heterocycles. The second-order valence-electron chi connectivity index (χ2n) is 8.59. The molecule has 4 unspecified atom stereocenters. The van der Waals surface area contributed by atoms with E-state index in [1.165, 1.54) is 17.1 Å². The highest BCUT2D eigenvalue weighted by atomic mass is 19.4. The average molecular weight is 511 g/mol. The van der Waals surface area contributed by atoms with Gasteiger partial charge in [-0.15, -0.1) is 0 Å². The zero-order valence-corrected chi connectivity index (χ0v) is 20.3. The van der Waals surface area contributed by atoms with E-state index in [1.54, 1.807) is 21.3 Å². The number of benzene rings is 1. The Hall–Kier alpha value is -3.29. The van der Waals surface area contributed by atoms with Crippen molar-refractivity contribution >= 4 is 17.4 Å². The fraction of sp³-hybridized carbons (Fsp3) is 0.478. The number of methoxy groups -OCH3 is 3. The summed E-state index contributed by atoms with van der Waals surface area (Å²) in [6.07, 6.45) is -5.27. The molecule has 0 spiro atoms. The SMILES string of the molecule is COCc1ccc(NC2CC(Nc3ccc(OC)c(C(F)(F)F)n3)NC3NN(C)C(=O)C23)c(OC)c1. The van der Waals surface area contributed by atoms with Crippen LogP contribution in [0.3, 0.4) is 0 Å². The molecule has 2 fully saturated rings. The first-order valence-corrected chi connectivity index (χ1v) is 11.3. The number of piperidine rings is 1. The number of fused-ring (bicyclic) bond motifs is 1. The molecule has 2 aliphatic heterocycles. The number of carbonyl (C=O) groups excluding carboxylic acids is 1. The maximum atomic E-state index is 13.4. The Bertz CT molecular complexity index is 1100. The van der Waals surface area contributed by atoms with Crippen molar-refractivity contribution in [3.63, 3.8) is 0 Å². The van der Waals surface area contributed by atoms with Gasteiger partial charge in [0.05, 0.1) is 44.8 Å². The lowest BCUT2D eigenvalue weighted by molar-refractivity contribution is -0.142. The molecule has 0 aliphatic carbocycles. The van der Waals surface area contributed by atoms with E-state index < -0.39 is 30.1 Å². The van der Waals surface area contributed by atoms with Crippen molar-refractivity contribution in [2.75, 3.05) is 39.0 Å². The summed E-state index contributed by atoms with van der Waals surface area (Å²) < 4.78 is 55.9. The Kier molecular flexibility index (Phi) is 7.43. The zero-order chi connectivity index (χ0) is 26.0. The molecular weight excluding hydrogens is 481 g/mol. The van der Waals surface area contributed by atoms with Crippen molar-refractivity contribution in [1.82, 2.24) is 20.7 Å². The molecule has 2 saturated heterocycles. The van der Waals surface area contributed by atoms with Crippen LogP contribution in [0.15, 0.2) is 30.3 Å². The van der Waals surface area contributed by atoms with Gasteiger partial charge >= 0.3 is 6.18 Å². The third-order valence-corrected chi connectivity index (χ3v) is 6.20. The summed E-state index contributed by atoms with van der Waals surface area (Å²) in [6.45, 7) is 0.419. The molecule has 13 heteroatoms. The Labute approximate surface area is 206 Å². The summed E-state index contributed by atoms with van der Waals surface area (Å²) in [6, 6.07) is 7.85. The molecule has 36 heavy (non-hydrogen) atoms. The van der Waals surface area contributed by atoms with Crippen LogP contribution in [0.1, 0.15) is 17.7 Å². The zero-order valence-electron chi connectivity index (χ0n) is 20.3. The van der Waals surface area contributed by atoms with E-state index in [0.29, 0.717) is 24.5 Å². The van der Waals surface area contributed by atoms with Crippen LogP contribution < -0.4 is 30.8 Å². The lowest BCUT2D eigenvalue weighted by atomic mass is 9.88. The topological polar surface area (TPSA) is 109 Å². The summed E-state index contributed by atoms with van der Waals surface area (Å²) >= 11 is 0. The Balaban J connectivity index is 1.58. The highest BCUT2D eigenvalue weighted by Crippen LogP contribution is 2.36. The van der Waals surface area contributed by atoms with Crippen LogP contribution >= 0.6 is 0 Å². The summed E-state index contributed by atoms with van der Waals surface area (Å²) in [4.78, 5) is 16.6. The normalized spacial score (nSPS) is 23.9. The number of carbonyl (C=O) groups is 1. The van der Waals surface area contributed by atoms with Crippen molar-refractivity contribution in [3.05, 3.63) is 41.6 Å². The number of hydrazine groups is 1. The highest BCUT2D eigenvalue weighted by molar-refractivity contribution is 5.82. The second-order valence-corrected chi connectivity index (χ2v) is 8.59. The van der Waals surface area contributed by atoms with E-state index in [2.05, 4.69) is 26.4 Å². The first-order chi connectivity index (χ1) is 17.1. The minimum absolute atomic E-state index is 0.0250. The Morgan fingerprint density at radius 1 is 1.11 bits per heavy atom. The molecular formula is C23H29F3N6O4. The molecule has 1 aromatic carbocycles. The number of amides is 1. The number of aromatic nitrogens is 1. The van der Waals surface area contributed by atoms with Crippen molar-refractivity contribution in [1.29, 1.82) is 0 Å². The number of rotatable bonds is 8. The molecule has 196 valence electrons. The van der Waals surface area contributed by atoms with Gasteiger partial charge < -0.3 is 24.8 Å². The first kappa shape index (κ1) is 25.8. The van der Waals surface area contributed by atoms with E-state index >= 15 is 0 Å². The predicted molar refractivity (Wildman–Crippen MR) is 125 cm³/mol. The standard InChI is InChI=1S/C23H29F3N6O4/c1-32-22(33)19-14(27-13-6-5-12(11-34-2)9-16(13)36-4)10-18(30-21(19)31-32)28-17-8-7-15(35-3)20(29-17)23(24,25)26/h5-9,14,18-19,21,27,30-31H,10-11H2,1-4H3,(H,28,29). The third kappa shape index (κ3) is 5.27. The second kappa shape index (κ2) is 10.4. The molecule has 4 atom stereocenters. The first-order valence-electron chi connectivity index (χ1n) is 11.3. The molecule has 1 amide bonds. The van der Waals surface area contributed by atoms with Gasteiger partial charge in [-0.25, -0.2) is 10.4 Å². The molecule has 0 saturated carbocycles. The van der Waals surface area contributed by atoms with Crippen molar-refractivity contribution < 1.29 is 32.2 Å². The summed E-state index contributed by atoms with van der Waals surface area (Å²) in [5.41, 5.74) is 3.56. The van der Waals surface area contributed by atoms with E-state index in [1.807, 2.05) is 18.2 Å². The van der Waals surface area contributed by atoms with Crippen LogP contribution in [-0.2, 0) is 22.3 Å². The smallest absolute Gasteiger partial charge is 0.437 e. The number of pyridine rings is 1. The Morgan fingerprint density at radius 3 is 2.53 bits per heavy atom. The number of nitrogens with zero attached hydrogens (tertiary/aromatic N) is 2. The lowest BCUT2D eigenvalue weighted by Crippen LogP contribution is -2.60. The van der Waals surface area contributed by atoms with Crippen LogP contribution in [0.4, 0.5) is 24.7 Å². The average Bonchev–Trinajstić information content (AvgIpc) is 3.12. The van der Waals surface area contributed by atoms with E-state index in [0.717, 1.165) is 12.7 Å². The highest BCUT2D eigenvalue weighted by Gasteiger charge is 2.48. The van der Waals surface area contributed by atoms with E-state index in [4.69, 9.17) is 14.2 Å². The molecule has 1 aromatic heterocycles. The quantitative estimate of drug-likeness (QED) is 0.426. The largest absolute Gasteiger partial charge is 0.495 e. The third-order valence-electron chi connectivity index (χ3n) is 6.20. The minimum Gasteiger partial charge on any atom is -0.495 e. The molecule has 10 nitrogen and oxygen atoms in total. The van der Waals surface area contributed by atoms with Gasteiger partial charge in [-0.05, 0) is 29.8 Å². The number of ether oxygens (including phenoxy) is 3. The Morgan fingerprint density at radius 2 is 1.86 bits per heavy atom. The number of nitrogens with one attached hydrogen (secondary N) is 4. The van der Waals surface area contributed by atoms with Crippen LogP contribution in [0.5, 0.6) is 11.5 Å². The van der Waals surface area contributed by atoms with Crippen molar-refractivity contribution in [2.24, 2.45) is 5.92 Å². The van der Waals surface area contributed by atoms with Gasteiger partial charge in [-0.2, -0.15) is 13.2 Å². The van der Waals surface area contributed by atoms with Crippen LogP contribution in [0.2, 0.25) is 0 Å². The summed E-state index contributed by atoms with van der Waals surface area (Å²) in [5.74, 6) is -0.330. The van der Waals surface area contributed by atoms with Gasteiger partial charge in [-0.3, -0.25) is 15.1 Å². The van der Waals surface area contributed by atoms with Gasteiger partial charge in [0.2, 0.25) is 5.91 Å². The number of anilines is 2. The van der Waals surface area contributed by atoms with Gasteiger partial charge in [0.15, 0.2) is 5.69 Å². The predicted octanol–water partition coefficient (Wildman–Crippen LogP) is 2.39. The molecule has 0 bridgehead atoms. The molecule has 4 rings (SSSR count). The monoisotopic (exact) mass is 510 g/mol. The van der Waals surface area contributed by atoms with Gasteiger partial charge in [0.1, 0.15) is 17.3 Å². The van der Waals surface area contributed by atoms with Crippen LogP contribution in [-0.4, -0.2) is 62.7 Å². The number of alkyl halides is 3. The maximum Gasteiger partial charge on any atom is 0.437 e. The molecule has 2 aliphatic rings. The van der Waals surface area contributed by atoms with E-state index in [-0.39, 0.29) is 23.5 Å². The summed E-state index contributed by atoms with van der Waals surface area (Å²) in [5, 5.41) is 11.1. The molecule has 2 aromatic rings. The molecule has 0 radical (unpaired) electrons. The molecule has 4 N–H and O–H groups in total. The van der Waals surface area contributed by atoms with Crippen LogP contribution in [0.25, 0.3) is 0 Å². The van der Waals surface area contributed by atoms with Gasteiger partial charge in [0.25, 0.3) is 0 Å². The van der Waals surface area contributed by atoms with Crippen molar-refractivity contribution in [3.8, 4) is 11.5 Å². The number of hydrogen-bond acceptors (Lipinski definition) is 9. The fourth-order valence-corrected chi connectivity index (χ4v) is 4.58. The van der Waals surface area contributed by atoms with Crippen LogP contribution in [0, 0.1) is 5.92 Å². The minimum atomic E-state index is -4.67. The van der Waals surface area contributed by atoms with Crippen molar-refractivity contribution in [2.45, 2.75) is 37.6 Å². The van der Waals surface area contributed by atoms with E-state index in [9.17, 15) is 18.0 Å². The number of halogens is 3. The lowest BCUT2D eigenvalue weighted by Gasteiger charge is -2.39. The van der Waals surface area contributed by atoms with Gasteiger partial charge in [-0.1, -0.05) is 6.07 Å². The summed E-state index contributed by atoms with van der Waals surface area (Å²) in [7, 11) is 5.94. The fourth-order valence-electron chi connectivity index (χ4n) is 4.58. The number of hydrogen-bond donors (Lipinski definition) is 4.